The van der Waals surface area contributed by atoms with Crippen LogP contribution in [0.25, 0.3) is 0 Å². The Morgan fingerprint density at radius 2 is 1.65 bits per heavy atom. The Bertz CT molecular complexity index is 276. The molecule has 0 aromatic carbocycles. The van der Waals surface area contributed by atoms with Crippen LogP contribution in [0.2, 0.25) is 0 Å². The highest BCUT2D eigenvalue weighted by molar-refractivity contribution is 4.81. The summed E-state index contributed by atoms with van der Waals surface area (Å²) in [6.45, 7) is 14.6. The van der Waals surface area contributed by atoms with E-state index in [4.69, 9.17) is 0 Å². The van der Waals surface area contributed by atoms with Crippen LogP contribution in [0.3, 0.4) is 0 Å². The number of hydrogen-bond acceptors (Lipinski definition) is 3. The molecule has 1 atom stereocenters. The summed E-state index contributed by atoms with van der Waals surface area (Å²) in [6, 6.07) is 0. The second kappa shape index (κ2) is 7.24. The molecule has 0 radical (unpaired) electrons. The van der Waals surface area contributed by atoms with E-state index >= 15 is 0 Å². The fourth-order valence-corrected chi connectivity index (χ4v) is 3.45. The fourth-order valence-electron chi connectivity index (χ4n) is 3.45. The summed E-state index contributed by atoms with van der Waals surface area (Å²) in [5, 5.41) is 3.66. The van der Waals surface area contributed by atoms with Gasteiger partial charge in [0.1, 0.15) is 0 Å². The van der Waals surface area contributed by atoms with Crippen LogP contribution in [0.15, 0.2) is 0 Å². The second-order valence-electron chi connectivity index (χ2n) is 8.12. The summed E-state index contributed by atoms with van der Waals surface area (Å²) in [5.41, 5.74) is 0.265. The quantitative estimate of drug-likeness (QED) is 0.835. The van der Waals surface area contributed by atoms with Crippen LogP contribution in [0, 0.1) is 11.8 Å². The highest BCUT2D eigenvalue weighted by Gasteiger charge is 2.24. The van der Waals surface area contributed by atoms with Crippen molar-refractivity contribution in [2.75, 3.05) is 46.3 Å². The van der Waals surface area contributed by atoms with Crippen molar-refractivity contribution in [3.8, 4) is 0 Å². The molecule has 3 nitrogen and oxygen atoms in total. The average Bonchev–Trinajstić information content (AvgIpc) is 2.83. The highest BCUT2D eigenvalue weighted by Crippen LogP contribution is 2.22. The molecule has 2 aliphatic heterocycles. The first kappa shape index (κ1) is 16.3. The molecule has 0 saturated carbocycles. The largest absolute Gasteiger partial charge is 0.312 e. The monoisotopic (exact) mass is 281 g/mol. The molecule has 1 unspecified atom stereocenters. The lowest BCUT2D eigenvalue weighted by Gasteiger charge is -2.30. The van der Waals surface area contributed by atoms with Crippen LogP contribution >= 0.6 is 0 Å². The minimum absolute atomic E-state index is 0.265. The predicted octanol–water partition coefficient (Wildman–Crippen LogP) is 2.43. The molecule has 2 heterocycles. The van der Waals surface area contributed by atoms with E-state index in [9.17, 15) is 0 Å². The first-order valence-electron chi connectivity index (χ1n) is 8.58. The van der Waals surface area contributed by atoms with Gasteiger partial charge in [0.2, 0.25) is 0 Å². The van der Waals surface area contributed by atoms with Crippen molar-refractivity contribution in [2.24, 2.45) is 11.8 Å². The lowest BCUT2D eigenvalue weighted by atomic mass is 9.94. The van der Waals surface area contributed by atoms with Gasteiger partial charge in [-0.2, -0.15) is 0 Å². The highest BCUT2D eigenvalue weighted by atomic mass is 15.2. The third-order valence-corrected chi connectivity index (χ3v) is 4.98. The van der Waals surface area contributed by atoms with Gasteiger partial charge in [-0.3, -0.25) is 0 Å². The Morgan fingerprint density at radius 3 is 2.30 bits per heavy atom. The zero-order valence-corrected chi connectivity index (χ0v) is 14.1. The molecule has 118 valence electrons. The lowest BCUT2D eigenvalue weighted by Crippen LogP contribution is -2.39. The van der Waals surface area contributed by atoms with Crippen LogP contribution < -0.4 is 5.32 Å². The van der Waals surface area contributed by atoms with Crippen molar-refractivity contribution in [2.45, 2.75) is 52.0 Å². The molecule has 1 N–H and O–H groups in total. The molecule has 3 heteroatoms. The normalized spacial score (nSPS) is 27.3. The van der Waals surface area contributed by atoms with Gasteiger partial charge in [0.25, 0.3) is 0 Å². The first-order chi connectivity index (χ1) is 9.42. The van der Waals surface area contributed by atoms with Gasteiger partial charge in [0, 0.05) is 12.1 Å². The Hall–Kier alpha value is -0.120. The zero-order chi connectivity index (χ0) is 14.6. The van der Waals surface area contributed by atoms with E-state index in [1.807, 2.05) is 0 Å². The summed E-state index contributed by atoms with van der Waals surface area (Å²) >= 11 is 0. The molecule has 0 bridgehead atoms. The molecule has 2 aliphatic rings. The molecule has 2 rings (SSSR count). The molecular weight excluding hydrogens is 246 g/mol. The van der Waals surface area contributed by atoms with E-state index in [2.05, 4.69) is 42.9 Å². The first-order valence-corrected chi connectivity index (χ1v) is 8.58. The number of nitrogens with zero attached hydrogens (tertiary/aromatic N) is 2. The topological polar surface area (TPSA) is 18.5 Å². The SMILES string of the molecule is CN1CCC(CCN2CCC(CNC(C)(C)C)C2)CC1. The molecule has 2 saturated heterocycles. The maximum Gasteiger partial charge on any atom is 0.00966 e. The van der Waals surface area contributed by atoms with Gasteiger partial charge in [-0.1, -0.05) is 0 Å². The standard InChI is InChI=1S/C17H35N3/c1-17(2,3)18-13-16-8-12-20(14-16)11-7-15-5-9-19(4)10-6-15/h15-16,18H,5-14H2,1-4H3. The van der Waals surface area contributed by atoms with Gasteiger partial charge in [0.05, 0.1) is 0 Å². The van der Waals surface area contributed by atoms with Crippen LogP contribution in [-0.2, 0) is 0 Å². The van der Waals surface area contributed by atoms with Crippen LogP contribution in [0.1, 0.15) is 46.5 Å². The van der Waals surface area contributed by atoms with Crippen molar-refractivity contribution in [1.29, 1.82) is 0 Å². The summed E-state index contributed by atoms with van der Waals surface area (Å²) in [5.74, 6) is 1.85. The fraction of sp³-hybridized carbons (Fsp3) is 1.00. The Labute approximate surface area is 126 Å². The van der Waals surface area contributed by atoms with E-state index in [0.29, 0.717) is 0 Å². The minimum Gasteiger partial charge on any atom is -0.312 e. The lowest BCUT2D eigenvalue weighted by molar-refractivity contribution is 0.194. The van der Waals surface area contributed by atoms with E-state index in [-0.39, 0.29) is 5.54 Å². The summed E-state index contributed by atoms with van der Waals surface area (Å²) < 4.78 is 0. The summed E-state index contributed by atoms with van der Waals surface area (Å²) in [7, 11) is 2.25. The van der Waals surface area contributed by atoms with E-state index < -0.39 is 0 Å². The van der Waals surface area contributed by atoms with Gasteiger partial charge >= 0.3 is 0 Å². The number of nitrogens with one attached hydrogen (secondary N) is 1. The maximum absolute atomic E-state index is 3.66. The smallest absolute Gasteiger partial charge is 0.00966 e. The van der Waals surface area contributed by atoms with Crippen molar-refractivity contribution < 1.29 is 0 Å². The van der Waals surface area contributed by atoms with Crippen LogP contribution in [-0.4, -0.2) is 61.7 Å². The second-order valence-corrected chi connectivity index (χ2v) is 8.12. The van der Waals surface area contributed by atoms with Gasteiger partial charge in [-0.15, -0.1) is 0 Å². The van der Waals surface area contributed by atoms with Gasteiger partial charge in [-0.25, -0.2) is 0 Å². The van der Waals surface area contributed by atoms with Crippen molar-refractivity contribution >= 4 is 0 Å². The summed E-state index contributed by atoms with van der Waals surface area (Å²) in [6.07, 6.45) is 5.64. The van der Waals surface area contributed by atoms with Crippen molar-refractivity contribution in [1.82, 2.24) is 15.1 Å². The van der Waals surface area contributed by atoms with Crippen molar-refractivity contribution in [3.63, 3.8) is 0 Å². The van der Waals surface area contributed by atoms with Gasteiger partial charge < -0.3 is 15.1 Å². The van der Waals surface area contributed by atoms with Crippen LogP contribution in [0.4, 0.5) is 0 Å². The van der Waals surface area contributed by atoms with E-state index in [1.54, 1.807) is 0 Å². The molecular formula is C17H35N3. The molecule has 0 aromatic heterocycles. The van der Waals surface area contributed by atoms with Crippen LogP contribution in [0.5, 0.6) is 0 Å². The molecule has 0 spiro atoms. The predicted molar refractivity (Wildman–Crippen MR) is 87.1 cm³/mol. The van der Waals surface area contributed by atoms with E-state index in [0.717, 1.165) is 11.8 Å². The molecule has 0 amide bonds. The molecule has 20 heavy (non-hydrogen) atoms. The number of likely N-dealkylation sites (tertiary alicyclic amines) is 2. The van der Waals surface area contributed by atoms with E-state index in [1.165, 1.54) is 65.0 Å². The molecule has 0 aromatic rings. The van der Waals surface area contributed by atoms with Gasteiger partial charge in [-0.05, 0) is 98.1 Å². The van der Waals surface area contributed by atoms with Gasteiger partial charge in [0.15, 0.2) is 0 Å². The minimum atomic E-state index is 0.265. The Morgan fingerprint density at radius 1 is 1.00 bits per heavy atom. The average molecular weight is 281 g/mol. The Kier molecular flexibility index (Phi) is 5.88. The molecule has 0 aliphatic carbocycles. The van der Waals surface area contributed by atoms with Crippen molar-refractivity contribution in [3.05, 3.63) is 0 Å². The third-order valence-electron chi connectivity index (χ3n) is 4.98. The number of rotatable bonds is 5. The number of piperidine rings is 1. The number of hydrogen-bond donors (Lipinski definition) is 1. The third kappa shape index (κ3) is 5.71. The molecule has 2 fully saturated rings. The summed E-state index contributed by atoms with van der Waals surface area (Å²) in [4.78, 5) is 5.17. The maximum atomic E-state index is 3.66. The zero-order valence-electron chi connectivity index (χ0n) is 14.1. The Balaban J connectivity index is 1.59.